The lowest BCUT2D eigenvalue weighted by atomic mass is 9.91. The molecule has 0 aliphatic heterocycles. The Kier molecular flexibility index (Phi) is 8.38. The van der Waals surface area contributed by atoms with Crippen molar-refractivity contribution >= 4 is 5.78 Å². The van der Waals surface area contributed by atoms with Crippen molar-refractivity contribution in [2.45, 2.75) is 90.4 Å². The number of hydrogen-bond acceptors (Lipinski definition) is 1. The molecule has 1 aliphatic rings. The van der Waals surface area contributed by atoms with Crippen LogP contribution in [0.4, 0.5) is 0 Å². The minimum absolute atomic E-state index is 0.514. The molecular weight excluding hydrogens is 208 g/mol. The van der Waals surface area contributed by atoms with Crippen LogP contribution in [0, 0.1) is 5.92 Å². The van der Waals surface area contributed by atoms with Crippen molar-refractivity contribution in [1.82, 2.24) is 0 Å². The van der Waals surface area contributed by atoms with Crippen molar-refractivity contribution in [1.29, 1.82) is 0 Å². The Bertz CT molecular complexity index is 198. The molecular formula is C16H30O. The summed E-state index contributed by atoms with van der Waals surface area (Å²) >= 11 is 0. The number of ketones is 1. The number of hydrogen-bond donors (Lipinski definition) is 0. The van der Waals surface area contributed by atoms with E-state index in [4.69, 9.17) is 0 Å². The minimum Gasteiger partial charge on any atom is -0.300 e. The summed E-state index contributed by atoms with van der Waals surface area (Å²) in [7, 11) is 0. The highest BCUT2D eigenvalue weighted by Gasteiger charge is 2.10. The summed E-state index contributed by atoms with van der Waals surface area (Å²) in [5.74, 6) is 1.32. The maximum Gasteiger partial charge on any atom is 0.132 e. The molecule has 1 saturated carbocycles. The fourth-order valence-corrected chi connectivity index (χ4v) is 2.86. The summed E-state index contributed by atoms with van der Waals surface area (Å²) in [4.78, 5) is 11.7. The van der Waals surface area contributed by atoms with Crippen LogP contribution in [-0.4, -0.2) is 5.78 Å². The molecule has 1 fully saturated rings. The highest BCUT2D eigenvalue weighted by molar-refractivity contribution is 5.78. The van der Waals surface area contributed by atoms with E-state index in [1.807, 2.05) is 0 Å². The molecule has 0 aromatic rings. The zero-order chi connectivity index (χ0) is 12.3. The molecule has 100 valence electrons. The lowest BCUT2D eigenvalue weighted by Gasteiger charge is -2.14. The average Bonchev–Trinajstić information content (AvgIpc) is 2.34. The van der Waals surface area contributed by atoms with Crippen LogP contribution in [0.2, 0.25) is 0 Å². The van der Waals surface area contributed by atoms with E-state index in [-0.39, 0.29) is 0 Å². The third kappa shape index (κ3) is 7.57. The first-order valence-electron chi connectivity index (χ1n) is 7.84. The van der Waals surface area contributed by atoms with Gasteiger partial charge in [0, 0.05) is 12.8 Å². The maximum absolute atomic E-state index is 11.7. The molecule has 1 aliphatic carbocycles. The van der Waals surface area contributed by atoms with E-state index in [0.29, 0.717) is 5.78 Å². The van der Waals surface area contributed by atoms with Gasteiger partial charge in [0.2, 0.25) is 0 Å². The first-order chi connectivity index (χ1) is 8.33. The molecule has 1 unspecified atom stereocenters. The molecule has 1 atom stereocenters. The topological polar surface area (TPSA) is 17.1 Å². The molecule has 1 heteroatoms. The van der Waals surface area contributed by atoms with E-state index in [9.17, 15) is 4.79 Å². The molecule has 0 saturated heterocycles. The van der Waals surface area contributed by atoms with Crippen molar-refractivity contribution in [3.8, 4) is 0 Å². The highest BCUT2D eigenvalue weighted by Crippen LogP contribution is 2.21. The Morgan fingerprint density at radius 1 is 0.824 bits per heavy atom. The third-order valence-corrected chi connectivity index (χ3v) is 4.23. The van der Waals surface area contributed by atoms with Gasteiger partial charge >= 0.3 is 0 Å². The largest absolute Gasteiger partial charge is 0.300 e. The fraction of sp³-hybridized carbons (Fsp3) is 0.938. The van der Waals surface area contributed by atoms with Gasteiger partial charge in [-0.1, -0.05) is 64.7 Å². The van der Waals surface area contributed by atoms with Crippen LogP contribution < -0.4 is 0 Å². The zero-order valence-corrected chi connectivity index (χ0v) is 11.7. The summed E-state index contributed by atoms with van der Waals surface area (Å²) in [6, 6.07) is 0. The minimum atomic E-state index is 0.514. The summed E-state index contributed by atoms with van der Waals surface area (Å²) in [5, 5.41) is 0. The molecule has 0 aromatic heterocycles. The van der Waals surface area contributed by atoms with Gasteiger partial charge in [-0.25, -0.2) is 0 Å². The second-order valence-corrected chi connectivity index (χ2v) is 5.72. The Morgan fingerprint density at radius 3 is 2.06 bits per heavy atom. The molecule has 0 bridgehead atoms. The van der Waals surface area contributed by atoms with Gasteiger partial charge in [0.25, 0.3) is 0 Å². The lowest BCUT2D eigenvalue weighted by molar-refractivity contribution is -0.119. The van der Waals surface area contributed by atoms with E-state index < -0.39 is 0 Å². The third-order valence-electron chi connectivity index (χ3n) is 4.23. The summed E-state index contributed by atoms with van der Waals surface area (Å²) < 4.78 is 0. The monoisotopic (exact) mass is 238 g/mol. The van der Waals surface area contributed by atoms with Gasteiger partial charge in [-0.15, -0.1) is 0 Å². The van der Waals surface area contributed by atoms with Gasteiger partial charge in [-0.3, -0.25) is 4.79 Å². The molecule has 0 spiro atoms. The number of rotatable bonds is 1. The van der Waals surface area contributed by atoms with Crippen LogP contribution in [0.3, 0.4) is 0 Å². The number of carbonyl (C=O) groups excluding carboxylic acids is 1. The second kappa shape index (κ2) is 9.67. The van der Waals surface area contributed by atoms with Crippen molar-refractivity contribution in [3.63, 3.8) is 0 Å². The van der Waals surface area contributed by atoms with Gasteiger partial charge in [-0.05, 0) is 18.8 Å². The van der Waals surface area contributed by atoms with Crippen LogP contribution in [0.5, 0.6) is 0 Å². The number of carbonyl (C=O) groups is 1. The van der Waals surface area contributed by atoms with Gasteiger partial charge in [0.1, 0.15) is 5.78 Å². The van der Waals surface area contributed by atoms with Crippen LogP contribution in [-0.2, 0) is 4.79 Å². The SMILES string of the molecule is CCC1CCCCCCCCCCC(=O)CC1. The Balaban J connectivity index is 2.29. The fourth-order valence-electron chi connectivity index (χ4n) is 2.86. The zero-order valence-electron chi connectivity index (χ0n) is 11.7. The van der Waals surface area contributed by atoms with Crippen molar-refractivity contribution in [2.75, 3.05) is 0 Å². The van der Waals surface area contributed by atoms with Crippen molar-refractivity contribution in [3.05, 3.63) is 0 Å². The Morgan fingerprint density at radius 2 is 1.41 bits per heavy atom. The van der Waals surface area contributed by atoms with Gasteiger partial charge < -0.3 is 0 Å². The molecule has 1 nitrogen and oxygen atoms in total. The molecule has 0 aromatic carbocycles. The Hall–Kier alpha value is -0.330. The smallest absolute Gasteiger partial charge is 0.132 e. The standard InChI is InChI=1S/C16H30O/c1-2-15-11-9-7-5-3-4-6-8-10-12-16(17)14-13-15/h15H,2-14H2,1H3. The maximum atomic E-state index is 11.7. The average molecular weight is 238 g/mol. The lowest BCUT2D eigenvalue weighted by Crippen LogP contribution is -2.05. The normalized spacial score (nSPS) is 26.4. The van der Waals surface area contributed by atoms with Crippen LogP contribution in [0.25, 0.3) is 0 Å². The summed E-state index contributed by atoms with van der Waals surface area (Å²) in [5.41, 5.74) is 0. The van der Waals surface area contributed by atoms with Crippen LogP contribution in [0.15, 0.2) is 0 Å². The van der Waals surface area contributed by atoms with Crippen molar-refractivity contribution in [2.24, 2.45) is 5.92 Å². The molecule has 17 heavy (non-hydrogen) atoms. The molecule has 0 N–H and O–H groups in total. The van der Waals surface area contributed by atoms with Gasteiger partial charge in [-0.2, -0.15) is 0 Å². The van der Waals surface area contributed by atoms with E-state index in [1.54, 1.807) is 0 Å². The summed E-state index contributed by atoms with van der Waals surface area (Å²) in [6.45, 7) is 2.28. The molecule has 0 heterocycles. The van der Waals surface area contributed by atoms with Crippen LogP contribution in [0.1, 0.15) is 90.4 Å². The predicted molar refractivity (Wildman–Crippen MR) is 74.2 cm³/mol. The Labute approximate surface area is 107 Å². The van der Waals surface area contributed by atoms with E-state index >= 15 is 0 Å². The van der Waals surface area contributed by atoms with E-state index in [1.165, 1.54) is 57.8 Å². The molecule has 1 rings (SSSR count). The van der Waals surface area contributed by atoms with Gasteiger partial charge in [0.05, 0.1) is 0 Å². The second-order valence-electron chi connectivity index (χ2n) is 5.72. The quantitative estimate of drug-likeness (QED) is 0.607. The van der Waals surface area contributed by atoms with Crippen molar-refractivity contribution < 1.29 is 4.79 Å². The van der Waals surface area contributed by atoms with Crippen LogP contribution >= 0.6 is 0 Å². The number of Topliss-reactive ketones (excluding diaryl/α,β-unsaturated/α-hetero) is 1. The first-order valence-corrected chi connectivity index (χ1v) is 7.84. The van der Waals surface area contributed by atoms with E-state index in [0.717, 1.165) is 31.6 Å². The predicted octanol–water partition coefficient (Wildman–Crippen LogP) is 5.28. The summed E-state index contributed by atoms with van der Waals surface area (Å²) in [6.07, 6.45) is 16.2. The first kappa shape index (κ1) is 14.7. The molecule has 0 amide bonds. The highest BCUT2D eigenvalue weighted by atomic mass is 16.1. The molecule has 0 radical (unpaired) electrons. The van der Waals surface area contributed by atoms with E-state index in [2.05, 4.69) is 6.92 Å². The van der Waals surface area contributed by atoms with Gasteiger partial charge in [0.15, 0.2) is 0 Å².